The zero-order valence-corrected chi connectivity index (χ0v) is 12.0. The molecule has 0 fully saturated rings. The Hall–Kier alpha value is -0.730. The van der Waals surface area contributed by atoms with Gasteiger partial charge in [-0.15, -0.1) is 0 Å². The highest BCUT2D eigenvalue weighted by Gasteiger charge is 2.35. The Balaban J connectivity index is 3.25. The van der Waals surface area contributed by atoms with E-state index in [0.29, 0.717) is 6.07 Å². The maximum atomic E-state index is 12.5. The van der Waals surface area contributed by atoms with Crippen LogP contribution in [-0.4, -0.2) is 18.7 Å². The molecule has 0 aliphatic carbocycles. The van der Waals surface area contributed by atoms with Crippen molar-refractivity contribution in [1.29, 1.82) is 0 Å². The number of rotatable bonds is 3. The van der Waals surface area contributed by atoms with Gasteiger partial charge in [0, 0.05) is 0 Å². The van der Waals surface area contributed by atoms with Gasteiger partial charge in [0.05, 0.1) is 15.8 Å². The van der Waals surface area contributed by atoms with Crippen molar-refractivity contribution in [2.24, 2.45) is 0 Å². The number of halogens is 5. The molecule has 0 atom stereocenters. The first-order valence-electron chi connectivity index (χ1n) is 4.90. The molecule has 0 aromatic carbocycles. The van der Waals surface area contributed by atoms with Gasteiger partial charge in [-0.2, -0.15) is 13.2 Å². The highest BCUT2D eigenvalue weighted by atomic mass is 35.5. The number of nitrogens with one attached hydrogen (secondary N) is 1. The third-order valence-corrected chi connectivity index (χ3v) is 4.39. The maximum absolute atomic E-state index is 12.5. The van der Waals surface area contributed by atoms with Crippen LogP contribution in [0.5, 0.6) is 0 Å². The summed E-state index contributed by atoms with van der Waals surface area (Å²) in [5, 5.41) is -2.16. The Bertz CT molecular complexity index is 588. The van der Waals surface area contributed by atoms with Crippen molar-refractivity contribution >= 4 is 39.0 Å². The van der Waals surface area contributed by atoms with Crippen molar-refractivity contribution in [3.63, 3.8) is 0 Å². The molecule has 0 aliphatic rings. The summed E-state index contributed by atoms with van der Waals surface area (Å²) in [7, 11) is -3.78. The van der Waals surface area contributed by atoms with E-state index in [-0.39, 0.29) is 0 Å². The first-order valence-corrected chi connectivity index (χ1v) is 7.20. The fourth-order valence-electron chi connectivity index (χ4n) is 0.989. The van der Waals surface area contributed by atoms with E-state index >= 15 is 0 Å². The Kier molecular flexibility index (Phi) is 4.58. The van der Waals surface area contributed by atoms with E-state index in [4.69, 9.17) is 23.2 Å². The Labute approximate surface area is 118 Å². The summed E-state index contributed by atoms with van der Waals surface area (Å²) in [6.07, 6.45) is -4.72. The first kappa shape index (κ1) is 16.3. The van der Waals surface area contributed by atoms with Crippen LogP contribution >= 0.6 is 23.2 Å². The fraction of sp³-hybridized carbons (Fsp3) is 0.444. The molecule has 0 amide bonds. The summed E-state index contributed by atoms with van der Waals surface area (Å²) < 4.78 is 62.6. The number of aromatic nitrogens is 1. The second-order valence-corrected chi connectivity index (χ2v) is 6.85. The van der Waals surface area contributed by atoms with Crippen molar-refractivity contribution in [1.82, 2.24) is 4.98 Å². The lowest BCUT2D eigenvalue weighted by molar-refractivity contribution is -0.137. The van der Waals surface area contributed by atoms with Crippen LogP contribution in [0.1, 0.15) is 19.4 Å². The van der Waals surface area contributed by atoms with Gasteiger partial charge < -0.3 is 0 Å². The predicted molar refractivity (Wildman–Crippen MR) is 66.9 cm³/mol. The second-order valence-electron chi connectivity index (χ2n) is 3.85. The van der Waals surface area contributed by atoms with Gasteiger partial charge in [0.2, 0.25) is 10.0 Å². The average Bonchev–Trinajstić information content (AvgIpc) is 2.20. The molecular formula is C9H9Cl2F3N2O2S. The SMILES string of the molecule is CC(C)S(=O)(=O)Nc1nc(Cl)c(C(F)(F)F)cc1Cl. The summed E-state index contributed by atoms with van der Waals surface area (Å²) in [5.74, 6) is -0.437. The van der Waals surface area contributed by atoms with Gasteiger partial charge >= 0.3 is 6.18 Å². The molecular weight excluding hydrogens is 328 g/mol. The normalized spacial score (nSPS) is 12.8. The summed E-state index contributed by atoms with van der Waals surface area (Å²) >= 11 is 10.9. The van der Waals surface area contributed by atoms with E-state index in [0.717, 1.165) is 0 Å². The molecule has 1 rings (SSSR count). The maximum Gasteiger partial charge on any atom is 0.419 e. The molecule has 1 aromatic rings. The summed E-state index contributed by atoms with van der Waals surface area (Å²) in [6, 6.07) is 0.523. The molecule has 19 heavy (non-hydrogen) atoms. The molecule has 10 heteroatoms. The van der Waals surface area contributed by atoms with E-state index < -0.39 is 43.0 Å². The summed E-state index contributed by atoms with van der Waals surface area (Å²) in [6.45, 7) is 2.78. The van der Waals surface area contributed by atoms with Crippen molar-refractivity contribution in [3.05, 3.63) is 21.8 Å². The van der Waals surface area contributed by atoms with Crippen LogP contribution in [0.25, 0.3) is 0 Å². The molecule has 0 radical (unpaired) electrons. The van der Waals surface area contributed by atoms with E-state index in [1.807, 2.05) is 4.72 Å². The number of alkyl halides is 3. The number of pyridine rings is 1. The minimum atomic E-state index is -4.72. The van der Waals surface area contributed by atoms with Gasteiger partial charge in [-0.1, -0.05) is 23.2 Å². The van der Waals surface area contributed by atoms with Crippen molar-refractivity contribution in [2.75, 3.05) is 4.72 Å². The topological polar surface area (TPSA) is 59.1 Å². The molecule has 0 saturated carbocycles. The molecule has 0 unspecified atom stereocenters. The molecule has 0 saturated heterocycles. The highest BCUT2D eigenvalue weighted by molar-refractivity contribution is 7.93. The summed E-state index contributed by atoms with van der Waals surface area (Å²) in [4.78, 5) is 3.33. The smallest absolute Gasteiger partial charge is 0.266 e. The van der Waals surface area contributed by atoms with Gasteiger partial charge in [-0.05, 0) is 19.9 Å². The fourth-order valence-corrected chi connectivity index (χ4v) is 2.15. The highest BCUT2D eigenvalue weighted by Crippen LogP contribution is 2.37. The van der Waals surface area contributed by atoms with Crippen LogP contribution in [0.15, 0.2) is 6.07 Å². The van der Waals surface area contributed by atoms with Crippen LogP contribution in [0.4, 0.5) is 19.0 Å². The lowest BCUT2D eigenvalue weighted by Crippen LogP contribution is -2.23. The Morgan fingerprint density at radius 1 is 1.32 bits per heavy atom. The van der Waals surface area contributed by atoms with E-state index in [2.05, 4.69) is 4.98 Å². The molecule has 4 nitrogen and oxygen atoms in total. The number of sulfonamides is 1. The second kappa shape index (κ2) is 5.34. The number of hydrogen-bond acceptors (Lipinski definition) is 3. The zero-order chi connectivity index (χ0) is 15.0. The quantitative estimate of drug-likeness (QED) is 0.858. The third-order valence-electron chi connectivity index (χ3n) is 2.09. The van der Waals surface area contributed by atoms with Crippen LogP contribution < -0.4 is 4.72 Å². The monoisotopic (exact) mass is 336 g/mol. The van der Waals surface area contributed by atoms with Crippen LogP contribution in [0.3, 0.4) is 0 Å². The molecule has 1 N–H and O–H groups in total. The number of nitrogens with zero attached hydrogens (tertiary/aromatic N) is 1. The molecule has 0 spiro atoms. The third kappa shape index (κ3) is 3.87. The Morgan fingerprint density at radius 3 is 2.26 bits per heavy atom. The minimum Gasteiger partial charge on any atom is -0.266 e. The van der Waals surface area contributed by atoms with Crippen molar-refractivity contribution in [2.45, 2.75) is 25.3 Å². The molecule has 1 heterocycles. The van der Waals surface area contributed by atoms with Gasteiger partial charge in [-0.25, -0.2) is 13.4 Å². The molecule has 1 aromatic heterocycles. The Morgan fingerprint density at radius 2 is 1.84 bits per heavy atom. The minimum absolute atomic E-state index is 0.437. The standard InChI is InChI=1S/C9H9Cl2F3N2O2S/c1-4(2)19(17,18)16-8-6(10)3-5(7(11)15-8)9(12,13)14/h3-4H,1-2H3,(H,15,16). The van der Waals surface area contributed by atoms with Crippen molar-refractivity contribution < 1.29 is 21.6 Å². The summed E-state index contributed by atoms with van der Waals surface area (Å²) in [5.41, 5.74) is -1.23. The van der Waals surface area contributed by atoms with Gasteiger partial charge in [0.15, 0.2) is 5.82 Å². The van der Waals surface area contributed by atoms with Gasteiger partial charge in [-0.3, -0.25) is 4.72 Å². The zero-order valence-electron chi connectivity index (χ0n) is 9.72. The average molecular weight is 337 g/mol. The largest absolute Gasteiger partial charge is 0.419 e. The van der Waals surface area contributed by atoms with Crippen LogP contribution in [-0.2, 0) is 16.2 Å². The number of anilines is 1. The van der Waals surface area contributed by atoms with Gasteiger partial charge in [0.25, 0.3) is 0 Å². The number of hydrogen-bond donors (Lipinski definition) is 1. The van der Waals surface area contributed by atoms with E-state index in [1.165, 1.54) is 13.8 Å². The van der Waals surface area contributed by atoms with Crippen molar-refractivity contribution in [3.8, 4) is 0 Å². The molecule has 0 bridgehead atoms. The molecule has 0 aliphatic heterocycles. The van der Waals surface area contributed by atoms with Crippen LogP contribution in [0, 0.1) is 0 Å². The molecule has 108 valence electrons. The first-order chi connectivity index (χ1) is 8.45. The lowest BCUT2D eigenvalue weighted by atomic mass is 10.3. The predicted octanol–water partition coefficient (Wildman–Crippen LogP) is 3.56. The van der Waals surface area contributed by atoms with E-state index in [9.17, 15) is 21.6 Å². The van der Waals surface area contributed by atoms with Crippen LogP contribution in [0.2, 0.25) is 10.2 Å². The van der Waals surface area contributed by atoms with E-state index in [1.54, 1.807) is 0 Å². The lowest BCUT2D eigenvalue weighted by Gasteiger charge is -2.14. The van der Waals surface area contributed by atoms with Gasteiger partial charge in [0.1, 0.15) is 5.15 Å².